The van der Waals surface area contributed by atoms with Gasteiger partial charge in [-0.3, -0.25) is 9.78 Å². The van der Waals surface area contributed by atoms with Crippen molar-refractivity contribution in [3.05, 3.63) is 109 Å². The SMILES string of the molecule is CC(=O)/C=C(/C)O.[Ir].[c-]1ccc(-c2ccccc2)nc1-c1nccc2c1ccc1ccccc12. The van der Waals surface area contributed by atoms with Crippen LogP contribution in [0.2, 0.25) is 0 Å². The summed E-state index contributed by atoms with van der Waals surface area (Å²) in [6.07, 6.45) is 3.02. The molecule has 1 radical (unpaired) electrons. The minimum Gasteiger partial charge on any atom is -0.512 e. The molecule has 3 aromatic carbocycles. The zero-order chi connectivity index (χ0) is 23.2. The summed E-state index contributed by atoms with van der Waals surface area (Å²) >= 11 is 0. The van der Waals surface area contributed by atoms with Crippen LogP contribution in [0.3, 0.4) is 0 Å². The third-order valence-corrected chi connectivity index (χ3v) is 5.07. The Bertz CT molecular complexity index is 1460. The van der Waals surface area contributed by atoms with Gasteiger partial charge in [-0.15, -0.1) is 6.07 Å². The zero-order valence-corrected chi connectivity index (χ0v) is 21.2. The van der Waals surface area contributed by atoms with E-state index in [1.54, 1.807) is 0 Å². The molecule has 34 heavy (non-hydrogen) atoms. The van der Waals surface area contributed by atoms with Crippen molar-refractivity contribution in [1.82, 2.24) is 9.97 Å². The normalized spacial score (nSPS) is 10.8. The van der Waals surface area contributed by atoms with Crippen molar-refractivity contribution in [2.24, 2.45) is 0 Å². The van der Waals surface area contributed by atoms with Crippen LogP contribution in [0.25, 0.3) is 44.2 Å². The summed E-state index contributed by atoms with van der Waals surface area (Å²) in [5, 5.41) is 13.1. The molecule has 0 aliphatic rings. The Labute approximate surface area is 212 Å². The molecule has 1 N–H and O–H groups in total. The van der Waals surface area contributed by atoms with E-state index < -0.39 is 0 Å². The second kappa shape index (κ2) is 11.5. The molecule has 171 valence electrons. The topological polar surface area (TPSA) is 63.1 Å². The van der Waals surface area contributed by atoms with Crippen molar-refractivity contribution in [3.63, 3.8) is 0 Å². The largest absolute Gasteiger partial charge is 0.512 e. The summed E-state index contributed by atoms with van der Waals surface area (Å²) in [5.74, 6) is -0.0625. The van der Waals surface area contributed by atoms with Gasteiger partial charge in [-0.05, 0) is 58.4 Å². The summed E-state index contributed by atoms with van der Waals surface area (Å²) in [7, 11) is 0. The number of pyridine rings is 2. The molecule has 0 aliphatic heterocycles. The number of fused-ring (bicyclic) bond motifs is 3. The molecule has 4 nitrogen and oxygen atoms in total. The summed E-state index contributed by atoms with van der Waals surface area (Å²) in [5.41, 5.74) is 3.66. The summed E-state index contributed by atoms with van der Waals surface area (Å²) in [6, 6.07) is 32.1. The molecule has 5 aromatic rings. The summed E-state index contributed by atoms with van der Waals surface area (Å²) < 4.78 is 0. The Morgan fingerprint density at radius 2 is 1.59 bits per heavy atom. The minimum atomic E-state index is -0.125. The predicted molar refractivity (Wildman–Crippen MR) is 134 cm³/mol. The summed E-state index contributed by atoms with van der Waals surface area (Å²) in [4.78, 5) is 19.5. The Morgan fingerprint density at radius 1 is 0.853 bits per heavy atom. The molecular weight excluding hydrogens is 601 g/mol. The second-order valence-electron chi connectivity index (χ2n) is 7.63. The number of hydrogen-bond donors (Lipinski definition) is 1. The maximum absolute atomic E-state index is 10.0. The number of carbonyl (C=O) groups excluding carboxylic acids is 1. The molecule has 0 fully saturated rings. The van der Waals surface area contributed by atoms with Crippen LogP contribution < -0.4 is 0 Å². The quantitative estimate of drug-likeness (QED) is 0.102. The molecule has 0 saturated heterocycles. The molecule has 2 heterocycles. The fourth-order valence-electron chi connectivity index (χ4n) is 3.70. The minimum absolute atomic E-state index is 0. The van der Waals surface area contributed by atoms with Crippen molar-refractivity contribution < 1.29 is 30.0 Å². The second-order valence-corrected chi connectivity index (χ2v) is 7.63. The molecule has 0 spiro atoms. The van der Waals surface area contributed by atoms with Crippen LogP contribution in [0, 0.1) is 6.07 Å². The fourth-order valence-corrected chi connectivity index (χ4v) is 3.70. The van der Waals surface area contributed by atoms with Crippen LogP contribution in [0.5, 0.6) is 0 Å². The number of rotatable bonds is 3. The zero-order valence-electron chi connectivity index (χ0n) is 18.8. The van der Waals surface area contributed by atoms with Gasteiger partial charge in [0, 0.05) is 38.1 Å². The molecule has 0 bridgehead atoms. The first-order valence-corrected chi connectivity index (χ1v) is 10.6. The van der Waals surface area contributed by atoms with Gasteiger partial charge in [0.05, 0.1) is 5.76 Å². The number of ketones is 1. The maximum Gasteiger partial charge on any atom is 0.155 e. The smallest absolute Gasteiger partial charge is 0.155 e. The van der Waals surface area contributed by atoms with Crippen LogP contribution in [0.15, 0.2) is 103 Å². The Hall–Kier alpha value is -3.66. The van der Waals surface area contributed by atoms with Gasteiger partial charge < -0.3 is 10.1 Å². The van der Waals surface area contributed by atoms with E-state index in [4.69, 9.17) is 10.1 Å². The Kier molecular flexibility index (Phi) is 8.42. The number of benzene rings is 3. The summed E-state index contributed by atoms with van der Waals surface area (Å²) in [6.45, 7) is 2.85. The fraction of sp³-hybridized carbons (Fsp3) is 0.0690. The number of allylic oxidation sites excluding steroid dienone is 2. The van der Waals surface area contributed by atoms with Crippen molar-refractivity contribution in [2.75, 3.05) is 0 Å². The van der Waals surface area contributed by atoms with Crippen LogP contribution in [-0.2, 0) is 24.9 Å². The molecule has 5 heteroatoms. The number of aliphatic hydroxyl groups excluding tert-OH is 1. The Morgan fingerprint density at radius 3 is 2.29 bits per heavy atom. The van der Waals surface area contributed by atoms with Gasteiger partial charge in [0.1, 0.15) is 0 Å². The number of carbonyl (C=O) groups is 1. The Balaban J connectivity index is 0.000000357. The van der Waals surface area contributed by atoms with Crippen LogP contribution >= 0.6 is 0 Å². The van der Waals surface area contributed by atoms with E-state index in [1.807, 2.05) is 36.5 Å². The van der Waals surface area contributed by atoms with E-state index in [9.17, 15) is 4.79 Å². The van der Waals surface area contributed by atoms with E-state index in [0.29, 0.717) is 0 Å². The van der Waals surface area contributed by atoms with E-state index in [-0.39, 0.29) is 31.6 Å². The van der Waals surface area contributed by atoms with Crippen molar-refractivity contribution in [2.45, 2.75) is 13.8 Å². The van der Waals surface area contributed by atoms with Crippen LogP contribution in [0.4, 0.5) is 0 Å². The van der Waals surface area contributed by atoms with E-state index in [0.717, 1.165) is 28.0 Å². The molecule has 5 rings (SSSR count). The maximum atomic E-state index is 10.0. The molecule has 0 amide bonds. The van der Waals surface area contributed by atoms with Crippen molar-refractivity contribution in [3.8, 4) is 22.6 Å². The molecule has 0 saturated carbocycles. The third kappa shape index (κ3) is 5.82. The van der Waals surface area contributed by atoms with Crippen LogP contribution in [0.1, 0.15) is 13.8 Å². The molecule has 2 aromatic heterocycles. The molecular formula is C29H23IrN2O2-. The number of nitrogens with zero attached hydrogens (tertiary/aromatic N) is 2. The predicted octanol–water partition coefficient (Wildman–Crippen LogP) is 6.95. The number of aliphatic hydroxyl groups is 1. The van der Waals surface area contributed by atoms with E-state index in [1.165, 1.54) is 36.1 Å². The molecule has 0 aliphatic carbocycles. The first kappa shape index (κ1) is 25.0. The van der Waals surface area contributed by atoms with Crippen molar-refractivity contribution >= 4 is 27.3 Å². The standard InChI is InChI=1S/C24H15N2.C5H8O2.Ir/c1-2-8-18(9-3-1)22-11-6-12-23(26-22)24-21-14-13-17-7-4-5-10-19(17)20(21)15-16-25-24;1-4(6)3-5(2)7;/h1-11,13-16H;3,6H,1-2H3;/q-1;;/b;4-3-;. The van der Waals surface area contributed by atoms with Crippen molar-refractivity contribution in [1.29, 1.82) is 0 Å². The van der Waals surface area contributed by atoms with Crippen LogP contribution in [-0.4, -0.2) is 20.9 Å². The first-order valence-electron chi connectivity index (χ1n) is 10.6. The third-order valence-electron chi connectivity index (χ3n) is 5.07. The monoisotopic (exact) mass is 624 g/mol. The number of hydrogen-bond acceptors (Lipinski definition) is 4. The van der Waals surface area contributed by atoms with Gasteiger partial charge in [-0.1, -0.05) is 66.7 Å². The first-order chi connectivity index (χ1) is 16.0. The van der Waals surface area contributed by atoms with Gasteiger partial charge in [0.2, 0.25) is 0 Å². The van der Waals surface area contributed by atoms with Gasteiger partial charge in [-0.2, -0.15) is 12.1 Å². The van der Waals surface area contributed by atoms with E-state index >= 15 is 0 Å². The van der Waals surface area contributed by atoms with Gasteiger partial charge in [-0.25, -0.2) is 0 Å². The molecule has 0 unspecified atom stereocenters. The van der Waals surface area contributed by atoms with Gasteiger partial charge in [0.15, 0.2) is 5.78 Å². The van der Waals surface area contributed by atoms with E-state index in [2.05, 4.69) is 65.6 Å². The number of aromatic nitrogens is 2. The van der Waals surface area contributed by atoms with Gasteiger partial charge in [0.25, 0.3) is 0 Å². The van der Waals surface area contributed by atoms with Gasteiger partial charge >= 0.3 is 0 Å². The average molecular weight is 624 g/mol. The molecule has 0 atom stereocenters. The average Bonchev–Trinajstić information content (AvgIpc) is 2.84.